The van der Waals surface area contributed by atoms with E-state index in [0.29, 0.717) is 84.5 Å². The van der Waals surface area contributed by atoms with Crippen LogP contribution in [0.1, 0.15) is 360 Å². The Bertz CT molecular complexity index is 5040. The average Bonchev–Trinajstić information content (AvgIpc) is 1.47. The van der Waals surface area contributed by atoms with Crippen molar-refractivity contribution in [1.29, 1.82) is 0 Å². The van der Waals surface area contributed by atoms with E-state index in [1.165, 1.54) is 101 Å². The summed E-state index contributed by atoms with van der Waals surface area (Å²) >= 11 is 0. The van der Waals surface area contributed by atoms with E-state index in [-0.39, 0.29) is 44.7 Å². The Balaban J connectivity index is 0.801. The summed E-state index contributed by atoms with van der Waals surface area (Å²) in [4.78, 5) is 32.2. The number of carbonyl (C=O) groups is 2. The molecular formula is C124H162O8P2. The van der Waals surface area contributed by atoms with Gasteiger partial charge >= 0.3 is 12.3 Å². The van der Waals surface area contributed by atoms with Crippen LogP contribution in [-0.2, 0) is 56.8 Å². The Morgan fingerprint density at radius 1 is 0.351 bits per heavy atom. The molecule has 8 nitrogen and oxygen atoms in total. The van der Waals surface area contributed by atoms with Gasteiger partial charge in [0.1, 0.15) is 35.2 Å². The van der Waals surface area contributed by atoms with Crippen molar-refractivity contribution in [2.75, 3.05) is 0 Å². The molecule has 0 N–H and O–H groups in total. The summed E-state index contributed by atoms with van der Waals surface area (Å²) in [5, 5.41) is 4.27. The third kappa shape index (κ3) is 20.4. The fourth-order valence-corrected chi connectivity index (χ4v) is 31.7. The first kappa shape index (κ1) is 97.9. The fraction of sp³-hybridized carbons (Fsp3) is 0.565. The molecule has 0 saturated heterocycles. The van der Waals surface area contributed by atoms with Crippen LogP contribution in [0.5, 0.6) is 23.0 Å². The van der Waals surface area contributed by atoms with Gasteiger partial charge in [0.2, 0.25) is 0 Å². The van der Waals surface area contributed by atoms with E-state index in [4.69, 9.17) is 28.0 Å². The van der Waals surface area contributed by atoms with Crippen LogP contribution in [-0.4, -0.2) is 24.5 Å². The molecule has 0 amide bonds. The molecule has 9 aliphatic rings. The Hall–Kier alpha value is -7.76. The standard InChI is InChI=1S/C124H162O8P2/c1-79(2)37-35-39-81(5)105-53-55-107-103-51-49-91-77-97(57-61-121(91,19)109(103)59-63-123(105,107)21)127-115(125)129-111-83-65-87-73-95(119(13,14)15)75-89(113(87)131-133(99-41-27-23-28-42-99)100-43-29-24-30-44-100)67-85-71-94(118(10,11)12)72-86(112(85)130-116(126)128-98-58-62-122(20)92(78-98)50-52-104-108-56-54-106(82(6)40-36-38-80(3)4)124(108,22)64-60-110(104)122)68-90-76-96(120(16,17)18)74-88(66-84(111)70-93(69-83)117(7,8)9)114(90)132-134(101-45-31-25-32-46-101)102-47-33-26-34-48-102/h23-34,41-50,69-76,79-82,97-98,103-110H,35-40,51-68,77-78H2,1-22H3. The van der Waals surface area contributed by atoms with Crippen molar-refractivity contribution in [3.05, 3.63) is 260 Å². The number of ether oxygens (including phenoxy) is 4. The molecule has 8 aromatic rings. The van der Waals surface area contributed by atoms with E-state index in [2.05, 4.69) is 334 Å². The van der Waals surface area contributed by atoms with Crippen LogP contribution in [0, 0.1) is 92.7 Å². The van der Waals surface area contributed by atoms with Crippen LogP contribution in [0.25, 0.3) is 0 Å². The van der Waals surface area contributed by atoms with Gasteiger partial charge in [0.05, 0.1) is 0 Å². The predicted molar refractivity (Wildman–Crippen MR) is 559 cm³/mol. The highest BCUT2D eigenvalue weighted by Gasteiger charge is 2.62. The molecule has 16 atom stereocenters. The summed E-state index contributed by atoms with van der Waals surface area (Å²) in [6, 6.07) is 61.7. The van der Waals surface area contributed by atoms with E-state index >= 15 is 9.59 Å². The number of carbonyl (C=O) groups excluding carboxylic acids is 2. The molecule has 6 fully saturated rings. The predicted octanol–water partition coefficient (Wildman–Crippen LogP) is 32.3. The maximum atomic E-state index is 16.1. The molecule has 134 heavy (non-hydrogen) atoms. The average molecular weight is 1840 g/mol. The molecule has 0 aliphatic heterocycles. The SMILES string of the molecule is CC(C)CCCC(C)C1CCC2C3CC=C4CC(OC(=O)Oc5c6cc(C(C)(C)C)cc5Cc5cc(C(C)(C)C)cc(c5OP(c5ccccc5)c5ccccc5)Cc5cc(C(C)(C)C)cc(c5OC(=O)OC5CCC7(C)C(=CCC8C7CCC7(C)C(C(C)CCCC(C)C)CCC87)C5)Cc5cc(C(C)(C)C)cc(c5OP(c5ccccc5)c5ccccc5)C6)CCC4(C)C3CCC12C. The van der Waals surface area contributed by atoms with Gasteiger partial charge in [-0.3, -0.25) is 0 Å². The van der Waals surface area contributed by atoms with E-state index in [1.54, 1.807) is 0 Å². The number of rotatable bonds is 22. The quantitative estimate of drug-likeness (QED) is 0.0287. The number of benzene rings is 8. The second-order valence-corrected chi connectivity index (χ2v) is 53.2. The minimum absolute atomic E-state index is 0.0541. The van der Waals surface area contributed by atoms with Crippen LogP contribution in [0.15, 0.2) is 193 Å². The van der Waals surface area contributed by atoms with E-state index in [1.807, 2.05) is 0 Å². The van der Waals surface area contributed by atoms with Crippen molar-refractivity contribution in [1.82, 2.24) is 0 Å². The van der Waals surface area contributed by atoms with Crippen molar-refractivity contribution in [2.24, 2.45) is 92.7 Å². The molecule has 8 bridgehead atoms. The van der Waals surface area contributed by atoms with Gasteiger partial charge in [-0.2, -0.15) is 0 Å². The zero-order chi connectivity index (χ0) is 94.9. The van der Waals surface area contributed by atoms with Gasteiger partial charge in [0.25, 0.3) is 0 Å². The highest BCUT2D eigenvalue weighted by molar-refractivity contribution is 7.69. The highest BCUT2D eigenvalue weighted by Crippen LogP contribution is 2.70. The van der Waals surface area contributed by atoms with Gasteiger partial charge in [-0.15, -0.1) is 0 Å². The van der Waals surface area contributed by atoms with Gasteiger partial charge in [-0.1, -0.05) is 384 Å². The lowest BCUT2D eigenvalue weighted by Gasteiger charge is -2.58. The smallest absolute Gasteiger partial charge is 0.464 e. The first-order chi connectivity index (χ1) is 63.6. The minimum atomic E-state index is -1.55. The number of allylic oxidation sites excluding steroid dienone is 2. The summed E-state index contributed by atoms with van der Waals surface area (Å²) in [5.74, 6) is 11.2. The van der Waals surface area contributed by atoms with Crippen LogP contribution in [0.3, 0.4) is 0 Å². The summed E-state index contributed by atoms with van der Waals surface area (Å²) in [5.41, 5.74) is 14.0. The first-order valence-corrected chi connectivity index (χ1v) is 55.1. The highest BCUT2D eigenvalue weighted by atomic mass is 31.1. The lowest BCUT2D eigenvalue weighted by atomic mass is 9.47. The third-order valence-electron chi connectivity index (χ3n) is 35.7. The number of hydrogen-bond donors (Lipinski definition) is 0. The maximum Gasteiger partial charge on any atom is 0.514 e. The van der Waals surface area contributed by atoms with Crippen molar-refractivity contribution >= 4 is 49.8 Å². The molecule has 17 rings (SSSR count). The molecule has 0 heterocycles. The molecule has 0 aromatic heterocycles. The van der Waals surface area contributed by atoms with Crippen LogP contribution < -0.4 is 39.7 Å². The summed E-state index contributed by atoms with van der Waals surface area (Å²) < 4.78 is 45.2. The third-order valence-corrected chi connectivity index (χ3v) is 39.5. The van der Waals surface area contributed by atoms with E-state index in [9.17, 15) is 0 Å². The van der Waals surface area contributed by atoms with Crippen molar-refractivity contribution in [3.63, 3.8) is 0 Å². The second-order valence-electron chi connectivity index (χ2n) is 49.6. The van der Waals surface area contributed by atoms with Gasteiger partial charge in [0.15, 0.2) is 16.3 Å². The topological polar surface area (TPSA) is 89.5 Å². The number of fused-ring (bicyclic) bond motifs is 18. The summed E-state index contributed by atoms with van der Waals surface area (Å²) in [6.07, 6.45) is 30.3. The van der Waals surface area contributed by atoms with Gasteiger partial charge < -0.3 is 28.0 Å². The Kier molecular flexibility index (Phi) is 28.6. The Morgan fingerprint density at radius 2 is 0.634 bits per heavy atom. The molecule has 0 spiro atoms. The molecule has 10 heteroatoms. The van der Waals surface area contributed by atoms with Crippen LogP contribution in [0.4, 0.5) is 9.59 Å². The normalized spacial score (nSPS) is 27.2. The maximum absolute atomic E-state index is 16.1. The van der Waals surface area contributed by atoms with Gasteiger partial charge in [0, 0.05) is 82.0 Å². The zero-order valence-electron chi connectivity index (χ0n) is 85.9. The largest absolute Gasteiger partial charge is 0.514 e. The lowest BCUT2D eigenvalue weighted by Crippen LogP contribution is -2.51. The Labute approximate surface area is 810 Å². The van der Waals surface area contributed by atoms with Crippen LogP contribution in [0.2, 0.25) is 0 Å². The van der Waals surface area contributed by atoms with Crippen molar-refractivity contribution in [3.8, 4) is 23.0 Å². The summed E-state index contributed by atoms with van der Waals surface area (Å²) in [6.45, 7) is 52.9. The molecular weight excluding hydrogens is 1680 g/mol. The van der Waals surface area contributed by atoms with E-state index in [0.717, 1.165) is 185 Å². The Morgan fingerprint density at radius 3 is 0.910 bits per heavy atom. The van der Waals surface area contributed by atoms with Crippen molar-refractivity contribution in [2.45, 2.75) is 353 Å². The van der Waals surface area contributed by atoms with E-state index < -0.39 is 28.6 Å². The van der Waals surface area contributed by atoms with Gasteiger partial charge in [-0.25, -0.2) is 9.59 Å². The molecule has 9 aliphatic carbocycles. The molecule has 0 radical (unpaired) electrons. The zero-order valence-corrected chi connectivity index (χ0v) is 87.7. The monoisotopic (exact) mass is 1840 g/mol. The molecule has 6 saturated carbocycles. The lowest BCUT2D eigenvalue weighted by molar-refractivity contribution is -0.0597. The van der Waals surface area contributed by atoms with Crippen molar-refractivity contribution < 1.29 is 37.6 Å². The van der Waals surface area contributed by atoms with Gasteiger partial charge in [-0.05, 0) is 249 Å². The summed E-state index contributed by atoms with van der Waals surface area (Å²) in [7, 11) is -3.09. The van der Waals surface area contributed by atoms with Crippen LogP contribution >= 0.6 is 16.3 Å². The molecule has 16 unspecified atom stereocenters. The first-order valence-electron chi connectivity index (χ1n) is 52.6. The molecule has 716 valence electrons. The second kappa shape index (κ2) is 39.1. The number of hydrogen-bond acceptors (Lipinski definition) is 8. The fourth-order valence-electron chi connectivity index (χ4n) is 28.1. The minimum Gasteiger partial charge on any atom is -0.464 e. The molecule has 8 aromatic carbocycles.